The van der Waals surface area contributed by atoms with Crippen molar-refractivity contribution in [2.75, 3.05) is 6.54 Å². The molecule has 2 amide bonds. The Morgan fingerprint density at radius 3 is 2.41 bits per heavy atom. The van der Waals surface area contributed by atoms with Gasteiger partial charge in [0.15, 0.2) is 0 Å². The zero-order chi connectivity index (χ0) is 15.9. The van der Waals surface area contributed by atoms with Gasteiger partial charge in [-0.1, -0.05) is 25.0 Å². The van der Waals surface area contributed by atoms with Crippen molar-refractivity contribution in [2.45, 2.75) is 45.3 Å². The molecule has 0 bridgehead atoms. The first kappa shape index (κ1) is 16.5. The molecule has 0 radical (unpaired) electrons. The molecule has 1 aromatic carbocycles. The Bertz CT molecular complexity index is 505. The minimum atomic E-state index is -0.561. The maximum atomic E-state index is 11.9. The van der Waals surface area contributed by atoms with E-state index >= 15 is 0 Å². The monoisotopic (exact) mass is 304 g/mol. The van der Waals surface area contributed by atoms with Crippen LogP contribution >= 0.6 is 0 Å². The number of nitrogens with one attached hydrogen (secondary N) is 2. The van der Waals surface area contributed by atoms with Crippen molar-refractivity contribution in [1.29, 1.82) is 0 Å². The Morgan fingerprint density at radius 2 is 1.82 bits per heavy atom. The third kappa shape index (κ3) is 4.84. The fraction of sp³-hybridized carbons (Fsp3) is 0.529. The minimum Gasteiger partial charge on any atom is -0.392 e. The first-order valence-corrected chi connectivity index (χ1v) is 7.89. The van der Waals surface area contributed by atoms with Gasteiger partial charge in [-0.3, -0.25) is 9.59 Å². The highest BCUT2D eigenvalue weighted by atomic mass is 16.3. The molecule has 1 fully saturated rings. The number of hydrogen-bond donors (Lipinski definition) is 3. The second kappa shape index (κ2) is 7.94. The predicted octanol–water partition coefficient (Wildman–Crippen LogP) is 1.60. The van der Waals surface area contributed by atoms with Gasteiger partial charge in [0.25, 0.3) is 5.91 Å². The van der Waals surface area contributed by atoms with Crippen molar-refractivity contribution < 1.29 is 14.7 Å². The Morgan fingerprint density at radius 1 is 1.18 bits per heavy atom. The van der Waals surface area contributed by atoms with Crippen molar-refractivity contribution in [3.8, 4) is 0 Å². The molecule has 3 N–H and O–H groups in total. The summed E-state index contributed by atoms with van der Waals surface area (Å²) < 4.78 is 0. The van der Waals surface area contributed by atoms with Crippen LogP contribution in [0.25, 0.3) is 0 Å². The first-order valence-electron chi connectivity index (χ1n) is 7.89. The number of aliphatic hydroxyl groups is 1. The molecule has 0 spiro atoms. The van der Waals surface area contributed by atoms with Gasteiger partial charge in [0.1, 0.15) is 0 Å². The van der Waals surface area contributed by atoms with E-state index < -0.39 is 6.10 Å². The molecule has 2 rings (SSSR count). The van der Waals surface area contributed by atoms with E-state index in [0.29, 0.717) is 12.1 Å². The molecule has 1 aliphatic carbocycles. The molecule has 120 valence electrons. The summed E-state index contributed by atoms with van der Waals surface area (Å²) in [6.07, 6.45) is 3.72. The summed E-state index contributed by atoms with van der Waals surface area (Å²) in [5.41, 5.74) is 1.52. The lowest BCUT2D eigenvalue weighted by Crippen LogP contribution is -2.30. The lowest BCUT2D eigenvalue weighted by Gasteiger charge is -2.11. The molecule has 1 saturated carbocycles. The molecule has 0 heterocycles. The number of rotatable bonds is 6. The van der Waals surface area contributed by atoms with E-state index in [1.807, 2.05) is 12.1 Å². The predicted molar refractivity (Wildman–Crippen MR) is 84.3 cm³/mol. The van der Waals surface area contributed by atoms with Crippen molar-refractivity contribution in [1.82, 2.24) is 10.6 Å². The topological polar surface area (TPSA) is 78.4 Å². The molecule has 0 aliphatic heterocycles. The van der Waals surface area contributed by atoms with Gasteiger partial charge in [-0.2, -0.15) is 0 Å². The van der Waals surface area contributed by atoms with E-state index in [1.165, 1.54) is 0 Å². The Hall–Kier alpha value is -1.88. The van der Waals surface area contributed by atoms with Gasteiger partial charge < -0.3 is 15.7 Å². The average molecular weight is 304 g/mol. The molecule has 22 heavy (non-hydrogen) atoms. The Balaban J connectivity index is 1.81. The number of benzene rings is 1. The summed E-state index contributed by atoms with van der Waals surface area (Å²) in [5, 5.41) is 14.8. The molecule has 1 unspecified atom stereocenters. The van der Waals surface area contributed by atoms with Gasteiger partial charge in [-0.05, 0) is 37.5 Å². The van der Waals surface area contributed by atoms with Crippen LogP contribution in [0.5, 0.6) is 0 Å². The number of aliphatic hydroxyl groups excluding tert-OH is 1. The largest absolute Gasteiger partial charge is 0.392 e. The van der Waals surface area contributed by atoms with Gasteiger partial charge >= 0.3 is 0 Å². The normalized spacial score (nSPS) is 16.3. The third-order valence-corrected chi connectivity index (χ3v) is 3.97. The summed E-state index contributed by atoms with van der Waals surface area (Å²) in [4.78, 5) is 23.8. The SMILES string of the molecule is CC(O)CNC(=O)c1ccc(CNC(=O)C2CCCC2)cc1. The number of carbonyl (C=O) groups excluding carboxylic acids is 2. The van der Waals surface area contributed by atoms with Crippen LogP contribution in [0.1, 0.15) is 48.5 Å². The van der Waals surface area contributed by atoms with Crippen molar-refractivity contribution in [3.63, 3.8) is 0 Å². The van der Waals surface area contributed by atoms with Crippen LogP contribution in [0.4, 0.5) is 0 Å². The van der Waals surface area contributed by atoms with Crippen LogP contribution in [-0.2, 0) is 11.3 Å². The summed E-state index contributed by atoms with van der Waals surface area (Å²) in [6.45, 7) is 2.35. The molecule has 5 heteroatoms. The van der Waals surface area contributed by atoms with E-state index in [2.05, 4.69) is 10.6 Å². The highest BCUT2D eigenvalue weighted by molar-refractivity contribution is 5.94. The molecule has 1 atom stereocenters. The highest BCUT2D eigenvalue weighted by Gasteiger charge is 2.22. The van der Waals surface area contributed by atoms with Gasteiger partial charge in [0.05, 0.1) is 6.10 Å². The zero-order valence-corrected chi connectivity index (χ0v) is 13.0. The standard InChI is InChI=1S/C17H24N2O3/c1-12(20)10-18-17(22)15-8-6-13(7-9-15)11-19-16(21)14-4-2-3-5-14/h6-9,12,14,20H,2-5,10-11H2,1H3,(H,18,22)(H,19,21). The van der Waals surface area contributed by atoms with Gasteiger partial charge in [0, 0.05) is 24.6 Å². The highest BCUT2D eigenvalue weighted by Crippen LogP contribution is 2.24. The molecule has 5 nitrogen and oxygen atoms in total. The average Bonchev–Trinajstić information content (AvgIpc) is 3.05. The van der Waals surface area contributed by atoms with Gasteiger partial charge in [0.2, 0.25) is 5.91 Å². The lowest BCUT2D eigenvalue weighted by atomic mass is 10.1. The maximum absolute atomic E-state index is 11.9. The Labute approximate surface area is 131 Å². The summed E-state index contributed by atoms with van der Waals surface area (Å²) >= 11 is 0. The van der Waals surface area contributed by atoms with E-state index in [0.717, 1.165) is 31.2 Å². The van der Waals surface area contributed by atoms with E-state index in [9.17, 15) is 9.59 Å². The lowest BCUT2D eigenvalue weighted by molar-refractivity contribution is -0.124. The van der Waals surface area contributed by atoms with Crippen molar-refractivity contribution in [2.24, 2.45) is 5.92 Å². The van der Waals surface area contributed by atoms with Crippen molar-refractivity contribution >= 4 is 11.8 Å². The van der Waals surface area contributed by atoms with Gasteiger partial charge in [-0.15, -0.1) is 0 Å². The summed E-state index contributed by atoms with van der Waals surface area (Å²) in [6, 6.07) is 7.14. The second-order valence-corrected chi connectivity index (χ2v) is 5.96. The zero-order valence-electron chi connectivity index (χ0n) is 13.0. The molecule has 0 saturated heterocycles. The number of amides is 2. The third-order valence-electron chi connectivity index (χ3n) is 3.97. The van der Waals surface area contributed by atoms with E-state index in [1.54, 1.807) is 19.1 Å². The van der Waals surface area contributed by atoms with Crippen LogP contribution in [0.15, 0.2) is 24.3 Å². The van der Waals surface area contributed by atoms with Crippen molar-refractivity contribution in [3.05, 3.63) is 35.4 Å². The smallest absolute Gasteiger partial charge is 0.251 e. The van der Waals surface area contributed by atoms with Crippen LogP contribution in [-0.4, -0.2) is 29.6 Å². The summed E-state index contributed by atoms with van der Waals surface area (Å²) in [7, 11) is 0. The fourth-order valence-electron chi connectivity index (χ4n) is 2.64. The molecular formula is C17H24N2O3. The number of carbonyl (C=O) groups is 2. The quantitative estimate of drug-likeness (QED) is 0.747. The van der Waals surface area contributed by atoms with E-state index in [-0.39, 0.29) is 24.3 Å². The first-order chi connectivity index (χ1) is 10.6. The fourth-order valence-corrected chi connectivity index (χ4v) is 2.64. The summed E-state index contributed by atoms with van der Waals surface area (Å²) in [5.74, 6) is 0.101. The second-order valence-electron chi connectivity index (χ2n) is 5.96. The number of hydrogen-bond acceptors (Lipinski definition) is 3. The van der Waals surface area contributed by atoms with Crippen LogP contribution in [0.2, 0.25) is 0 Å². The molecule has 1 aromatic rings. The van der Waals surface area contributed by atoms with Crippen LogP contribution < -0.4 is 10.6 Å². The van der Waals surface area contributed by atoms with Crippen LogP contribution in [0, 0.1) is 5.92 Å². The molecular weight excluding hydrogens is 280 g/mol. The minimum absolute atomic E-state index is 0.135. The molecule has 1 aliphatic rings. The van der Waals surface area contributed by atoms with E-state index in [4.69, 9.17) is 5.11 Å². The Kier molecular flexibility index (Phi) is 5.95. The van der Waals surface area contributed by atoms with Crippen LogP contribution in [0.3, 0.4) is 0 Å². The van der Waals surface area contributed by atoms with Gasteiger partial charge in [-0.25, -0.2) is 0 Å². The maximum Gasteiger partial charge on any atom is 0.251 e. The molecule has 0 aromatic heterocycles.